The summed E-state index contributed by atoms with van der Waals surface area (Å²) in [5.74, 6) is 0.0637. The number of nitrogens with zero attached hydrogens (tertiary/aromatic N) is 4. The molecule has 21 heavy (non-hydrogen) atoms. The maximum atomic E-state index is 12.2. The highest BCUT2D eigenvalue weighted by atomic mass is 16.5. The van der Waals surface area contributed by atoms with Gasteiger partial charge in [0.15, 0.2) is 0 Å². The summed E-state index contributed by atoms with van der Waals surface area (Å²) in [6, 6.07) is 2.21. The maximum absolute atomic E-state index is 12.2. The second-order valence-electron chi connectivity index (χ2n) is 5.32. The van der Waals surface area contributed by atoms with Crippen LogP contribution in [0, 0.1) is 0 Å². The molecule has 0 aromatic carbocycles. The number of hydrogen-bond donors (Lipinski definition) is 0. The number of carbonyl (C=O) groups is 1. The summed E-state index contributed by atoms with van der Waals surface area (Å²) < 4.78 is 7.32. The topological polar surface area (TPSA) is 50.6 Å². The molecule has 0 radical (unpaired) electrons. The standard InChI is InChI=1S/C15H26N4O2/c1-4-17(5-2)9-14-11-18(15(20)12-21-6-3)10-13-7-8-16-19(13)14/h7-8,14H,4-6,9-12H2,1-3H3/t14-/m1/s1. The number of rotatable bonds is 7. The molecular weight excluding hydrogens is 268 g/mol. The summed E-state index contributed by atoms with van der Waals surface area (Å²) in [6.45, 7) is 11.2. The number of amides is 1. The van der Waals surface area contributed by atoms with Crippen molar-refractivity contribution in [3.8, 4) is 0 Å². The highest BCUT2D eigenvalue weighted by Gasteiger charge is 2.29. The molecule has 1 aromatic heterocycles. The van der Waals surface area contributed by atoms with Crippen LogP contribution in [0.5, 0.6) is 0 Å². The minimum atomic E-state index is 0.0637. The Hall–Kier alpha value is -1.40. The highest BCUT2D eigenvalue weighted by Crippen LogP contribution is 2.21. The molecule has 1 aliphatic rings. The average molecular weight is 294 g/mol. The van der Waals surface area contributed by atoms with E-state index in [1.165, 1.54) is 0 Å². The summed E-state index contributed by atoms with van der Waals surface area (Å²) in [5, 5.41) is 4.44. The van der Waals surface area contributed by atoms with Gasteiger partial charge in [-0.3, -0.25) is 9.48 Å². The highest BCUT2D eigenvalue weighted by molar-refractivity contribution is 5.77. The Morgan fingerprint density at radius 2 is 2.19 bits per heavy atom. The quantitative estimate of drug-likeness (QED) is 0.757. The van der Waals surface area contributed by atoms with E-state index in [2.05, 4.69) is 28.5 Å². The third-order valence-electron chi connectivity index (χ3n) is 4.03. The molecular formula is C15H26N4O2. The normalized spacial score (nSPS) is 18.1. The summed E-state index contributed by atoms with van der Waals surface area (Å²) in [7, 11) is 0. The van der Waals surface area contributed by atoms with Crippen molar-refractivity contribution in [2.75, 3.05) is 39.4 Å². The number of likely N-dealkylation sites (N-methyl/N-ethyl adjacent to an activating group) is 1. The van der Waals surface area contributed by atoms with E-state index in [0.29, 0.717) is 19.7 Å². The fourth-order valence-electron chi connectivity index (χ4n) is 2.77. The molecule has 0 spiro atoms. The Morgan fingerprint density at radius 1 is 1.43 bits per heavy atom. The number of aromatic nitrogens is 2. The molecule has 0 saturated heterocycles. The molecule has 2 heterocycles. The molecule has 6 heteroatoms. The molecule has 1 aliphatic heterocycles. The largest absolute Gasteiger partial charge is 0.372 e. The first-order valence-electron chi connectivity index (χ1n) is 7.79. The van der Waals surface area contributed by atoms with Gasteiger partial charge in [0.2, 0.25) is 5.91 Å². The lowest BCUT2D eigenvalue weighted by atomic mass is 10.1. The Labute approximate surface area is 126 Å². The smallest absolute Gasteiger partial charge is 0.248 e. The van der Waals surface area contributed by atoms with E-state index in [9.17, 15) is 4.79 Å². The fourth-order valence-corrected chi connectivity index (χ4v) is 2.77. The van der Waals surface area contributed by atoms with E-state index in [1.54, 1.807) is 0 Å². The molecule has 1 atom stereocenters. The van der Waals surface area contributed by atoms with Gasteiger partial charge in [0.05, 0.1) is 18.3 Å². The molecule has 1 aromatic rings. The lowest BCUT2D eigenvalue weighted by molar-refractivity contribution is -0.138. The zero-order valence-corrected chi connectivity index (χ0v) is 13.3. The third kappa shape index (κ3) is 3.83. The van der Waals surface area contributed by atoms with Crippen molar-refractivity contribution in [3.05, 3.63) is 18.0 Å². The SMILES string of the molecule is CCOCC(=O)N1Cc2ccnn2[C@H](CN(CC)CC)C1. The first-order valence-corrected chi connectivity index (χ1v) is 7.79. The number of fused-ring (bicyclic) bond motifs is 1. The molecule has 0 N–H and O–H groups in total. The van der Waals surface area contributed by atoms with E-state index < -0.39 is 0 Å². The van der Waals surface area contributed by atoms with E-state index in [1.807, 2.05) is 24.1 Å². The molecule has 0 fully saturated rings. The van der Waals surface area contributed by atoms with Gasteiger partial charge >= 0.3 is 0 Å². The van der Waals surface area contributed by atoms with Crippen molar-refractivity contribution in [1.82, 2.24) is 19.6 Å². The number of hydrogen-bond acceptors (Lipinski definition) is 4. The molecule has 0 saturated carbocycles. The minimum Gasteiger partial charge on any atom is -0.372 e. The van der Waals surface area contributed by atoms with Crippen molar-refractivity contribution < 1.29 is 9.53 Å². The van der Waals surface area contributed by atoms with E-state index >= 15 is 0 Å². The van der Waals surface area contributed by atoms with Crippen molar-refractivity contribution in [2.45, 2.75) is 33.4 Å². The van der Waals surface area contributed by atoms with E-state index in [4.69, 9.17) is 4.74 Å². The second-order valence-corrected chi connectivity index (χ2v) is 5.32. The van der Waals surface area contributed by atoms with Gasteiger partial charge in [0.1, 0.15) is 6.61 Å². The van der Waals surface area contributed by atoms with Crippen molar-refractivity contribution >= 4 is 5.91 Å². The van der Waals surface area contributed by atoms with Gasteiger partial charge in [-0.2, -0.15) is 5.10 Å². The van der Waals surface area contributed by atoms with Crippen molar-refractivity contribution in [1.29, 1.82) is 0 Å². The zero-order chi connectivity index (χ0) is 15.2. The predicted molar refractivity (Wildman–Crippen MR) is 81.0 cm³/mol. The molecule has 0 aliphatic carbocycles. The van der Waals surface area contributed by atoms with Crippen LogP contribution in [-0.2, 0) is 16.1 Å². The zero-order valence-electron chi connectivity index (χ0n) is 13.3. The first-order chi connectivity index (χ1) is 10.2. The van der Waals surface area contributed by atoms with Crippen LogP contribution in [0.25, 0.3) is 0 Å². The van der Waals surface area contributed by atoms with Gasteiger partial charge in [-0.1, -0.05) is 13.8 Å². The fraction of sp³-hybridized carbons (Fsp3) is 0.733. The van der Waals surface area contributed by atoms with Gasteiger partial charge in [-0.25, -0.2) is 0 Å². The van der Waals surface area contributed by atoms with Crippen LogP contribution in [0.15, 0.2) is 12.3 Å². The van der Waals surface area contributed by atoms with E-state index in [-0.39, 0.29) is 18.6 Å². The summed E-state index contributed by atoms with van der Waals surface area (Å²) >= 11 is 0. The molecule has 118 valence electrons. The van der Waals surface area contributed by atoms with Gasteiger partial charge in [0, 0.05) is 25.9 Å². The van der Waals surface area contributed by atoms with Gasteiger partial charge in [0.25, 0.3) is 0 Å². The van der Waals surface area contributed by atoms with Crippen LogP contribution in [0.4, 0.5) is 0 Å². The van der Waals surface area contributed by atoms with Gasteiger partial charge in [-0.15, -0.1) is 0 Å². The predicted octanol–water partition coefficient (Wildman–Crippen LogP) is 1.14. The molecule has 1 amide bonds. The monoisotopic (exact) mass is 294 g/mol. The Kier molecular flexibility index (Phi) is 5.76. The van der Waals surface area contributed by atoms with Crippen LogP contribution < -0.4 is 0 Å². The number of ether oxygens (including phenoxy) is 1. The Balaban J connectivity index is 2.08. The summed E-state index contributed by atoms with van der Waals surface area (Å²) in [4.78, 5) is 16.5. The van der Waals surface area contributed by atoms with Gasteiger partial charge in [-0.05, 0) is 26.1 Å². The molecule has 2 rings (SSSR count). The van der Waals surface area contributed by atoms with Crippen molar-refractivity contribution in [3.63, 3.8) is 0 Å². The van der Waals surface area contributed by atoms with E-state index in [0.717, 1.165) is 25.3 Å². The lowest BCUT2D eigenvalue weighted by Gasteiger charge is -2.36. The second kappa shape index (κ2) is 7.56. The van der Waals surface area contributed by atoms with Crippen LogP contribution >= 0.6 is 0 Å². The lowest BCUT2D eigenvalue weighted by Crippen LogP contribution is -2.46. The summed E-state index contributed by atoms with van der Waals surface area (Å²) in [5.41, 5.74) is 1.10. The average Bonchev–Trinajstić information content (AvgIpc) is 2.98. The Morgan fingerprint density at radius 3 is 2.86 bits per heavy atom. The third-order valence-corrected chi connectivity index (χ3v) is 4.03. The molecule has 0 bridgehead atoms. The van der Waals surface area contributed by atoms with Crippen molar-refractivity contribution in [2.24, 2.45) is 0 Å². The van der Waals surface area contributed by atoms with Crippen LogP contribution in [-0.4, -0.2) is 64.9 Å². The minimum absolute atomic E-state index is 0.0637. The van der Waals surface area contributed by atoms with Gasteiger partial charge < -0.3 is 14.5 Å². The molecule has 6 nitrogen and oxygen atoms in total. The Bertz CT molecular complexity index is 456. The van der Waals surface area contributed by atoms with Crippen LogP contribution in [0.2, 0.25) is 0 Å². The van der Waals surface area contributed by atoms with Crippen LogP contribution in [0.1, 0.15) is 32.5 Å². The maximum Gasteiger partial charge on any atom is 0.248 e. The number of carbonyl (C=O) groups excluding carboxylic acids is 1. The summed E-state index contributed by atoms with van der Waals surface area (Å²) in [6.07, 6.45) is 1.82. The first kappa shape index (κ1) is 16.0. The molecule has 0 unspecified atom stereocenters. The van der Waals surface area contributed by atoms with Crippen LogP contribution in [0.3, 0.4) is 0 Å².